The Hall–Kier alpha value is -1.50. The van der Waals surface area contributed by atoms with Crippen molar-refractivity contribution < 1.29 is 4.74 Å². The normalized spacial score (nSPS) is 17.2. The van der Waals surface area contributed by atoms with Crippen molar-refractivity contribution in [2.24, 2.45) is 0 Å². The summed E-state index contributed by atoms with van der Waals surface area (Å²) in [6, 6.07) is 14.8. The molecular formula is C16H18O. The van der Waals surface area contributed by atoms with Crippen LogP contribution in [0.2, 0.25) is 0 Å². The average molecular weight is 226 g/mol. The van der Waals surface area contributed by atoms with Gasteiger partial charge in [0.15, 0.2) is 0 Å². The lowest BCUT2D eigenvalue weighted by molar-refractivity contribution is 0.157. The molecular weight excluding hydrogens is 208 g/mol. The van der Waals surface area contributed by atoms with E-state index in [0.29, 0.717) is 6.10 Å². The lowest BCUT2D eigenvalue weighted by Crippen LogP contribution is -2.19. The van der Waals surface area contributed by atoms with Gasteiger partial charge in [-0.25, -0.2) is 0 Å². The summed E-state index contributed by atoms with van der Waals surface area (Å²) in [4.78, 5) is 0. The third-order valence-corrected chi connectivity index (χ3v) is 3.60. The van der Waals surface area contributed by atoms with E-state index in [4.69, 9.17) is 4.74 Å². The molecule has 0 unspecified atom stereocenters. The van der Waals surface area contributed by atoms with Crippen LogP contribution in [0.25, 0.3) is 10.8 Å². The molecule has 1 aliphatic rings. The first kappa shape index (κ1) is 10.6. The SMILES string of the molecule is c1ccc2c(OC3CCCCC3)cccc2c1. The highest BCUT2D eigenvalue weighted by atomic mass is 16.5. The van der Waals surface area contributed by atoms with E-state index in [1.54, 1.807) is 0 Å². The topological polar surface area (TPSA) is 9.23 Å². The van der Waals surface area contributed by atoms with E-state index < -0.39 is 0 Å². The molecule has 3 rings (SSSR count). The molecule has 0 spiro atoms. The Morgan fingerprint density at radius 3 is 2.47 bits per heavy atom. The summed E-state index contributed by atoms with van der Waals surface area (Å²) in [5.74, 6) is 1.05. The molecule has 88 valence electrons. The van der Waals surface area contributed by atoms with Gasteiger partial charge in [-0.15, -0.1) is 0 Å². The molecule has 2 aromatic rings. The maximum atomic E-state index is 6.17. The largest absolute Gasteiger partial charge is 0.490 e. The van der Waals surface area contributed by atoms with Crippen LogP contribution in [0.15, 0.2) is 42.5 Å². The van der Waals surface area contributed by atoms with E-state index in [1.165, 1.54) is 42.9 Å². The molecule has 0 heterocycles. The van der Waals surface area contributed by atoms with E-state index in [0.717, 1.165) is 5.75 Å². The molecule has 1 heteroatoms. The van der Waals surface area contributed by atoms with Crippen molar-refractivity contribution in [2.75, 3.05) is 0 Å². The van der Waals surface area contributed by atoms with Crippen LogP contribution in [-0.4, -0.2) is 6.10 Å². The van der Waals surface area contributed by atoms with Gasteiger partial charge in [0.2, 0.25) is 0 Å². The van der Waals surface area contributed by atoms with Gasteiger partial charge in [0.05, 0.1) is 6.10 Å². The summed E-state index contributed by atoms with van der Waals surface area (Å²) in [5, 5.41) is 2.50. The molecule has 1 saturated carbocycles. The predicted molar refractivity (Wildman–Crippen MR) is 71.4 cm³/mol. The number of hydrogen-bond donors (Lipinski definition) is 0. The third kappa shape index (κ3) is 2.28. The zero-order valence-corrected chi connectivity index (χ0v) is 10.1. The van der Waals surface area contributed by atoms with Crippen LogP contribution in [0.3, 0.4) is 0 Å². The van der Waals surface area contributed by atoms with Crippen molar-refractivity contribution in [1.82, 2.24) is 0 Å². The Kier molecular flexibility index (Phi) is 3.00. The second-order valence-corrected chi connectivity index (χ2v) is 4.86. The van der Waals surface area contributed by atoms with E-state index in [2.05, 4.69) is 42.5 Å². The molecule has 0 aromatic heterocycles. The predicted octanol–water partition coefficient (Wildman–Crippen LogP) is 4.55. The van der Waals surface area contributed by atoms with Gasteiger partial charge in [0.1, 0.15) is 5.75 Å². The molecule has 1 aliphatic carbocycles. The zero-order chi connectivity index (χ0) is 11.5. The summed E-state index contributed by atoms with van der Waals surface area (Å²) >= 11 is 0. The fourth-order valence-corrected chi connectivity index (χ4v) is 2.66. The molecule has 1 fully saturated rings. The standard InChI is InChI=1S/C16H18O/c1-2-9-14(10-3-1)17-16-12-6-8-13-7-4-5-11-15(13)16/h4-8,11-12,14H,1-3,9-10H2. The minimum Gasteiger partial charge on any atom is -0.490 e. The molecule has 0 amide bonds. The van der Waals surface area contributed by atoms with Crippen LogP contribution in [0, 0.1) is 0 Å². The van der Waals surface area contributed by atoms with Gasteiger partial charge in [0, 0.05) is 5.39 Å². The molecule has 0 radical (unpaired) electrons. The number of ether oxygens (including phenoxy) is 1. The van der Waals surface area contributed by atoms with Crippen molar-refractivity contribution in [3.63, 3.8) is 0 Å². The van der Waals surface area contributed by atoms with Crippen LogP contribution < -0.4 is 4.74 Å². The van der Waals surface area contributed by atoms with Crippen molar-refractivity contribution >= 4 is 10.8 Å². The van der Waals surface area contributed by atoms with Gasteiger partial charge in [0.25, 0.3) is 0 Å². The van der Waals surface area contributed by atoms with Crippen LogP contribution >= 0.6 is 0 Å². The molecule has 2 aromatic carbocycles. The summed E-state index contributed by atoms with van der Waals surface area (Å²) in [7, 11) is 0. The lowest BCUT2D eigenvalue weighted by Gasteiger charge is -2.23. The first-order chi connectivity index (χ1) is 8.43. The average Bonchev–Trinajstić information content (AvgIpc) is 2.40. The molecule has 1 nitrogen and oxygen atoms in total. The first-order valence-electron chi connectivity index (χ1n) is 6.58. The molecule has 0 saturated heterocycles. The van der Waals surface area contributed by atoms with Crippen molar-refractivity contribution in [3.05, 3.63) is 42.5 Å². The van der Waals surface area contributed by atoms with Crippen molar-refractivity contribution in [2.45, 2.75) is 38.2 Å². The maximum absolute atomic E-state index is 6.17. The van der Waals surface area contributed by atoms with Crippen LogP contribution in [0.4, 0.5) is 0 Å². The van der Waals surface area contributed by atoms with Gasteiger partial charge < -0.3 is 4.74 Å². The molecule has 0 N–H and O–H groups in total. The number of benzene rings is 2. The number of hydrogen-bond acceptors (Lipinski definition) is 1. The van der Waals surface area contributed by atoms with E-state index in [9.17, 15) is 0 Å². The van der Waals surface area contributed by atoms with Crippen LogP contribution in [0.5, 0.6) is 5.75 Å². The van der Waals surface area contributed by atoms with E-state index in [-0.39, 0.29) is 0 Å². The quantitative estimate of drug-likeness (QED) is 0.730. The second-order valence-electron chi connectivity index (χ2n) is 4.86. The highest BCUT2D eigenvalue weighted by Crippen LogP contribution is 2.29. The Bertz CT molecular complexity index is 492. The Morgan fingerprint density at radius 2 is 1.59 bits per heavy atom. The summed E-state index contributed by atoms with van der Waals surface area (Å²) in [6.45, 7) is 0. The van der Waals surface area contributed by atoms with Gasteiger partial charge in [-0.2, -0.15) is 0 Å². The minimum atomic E-state index is 0.426. The van der Waals surface area contributed by atoms with E-state index in [1.807, 2.05) is 0 Å². The smallest absolute Gasteiger partial charge is 0.127 e. The Morgan fingerprint density at radius 1 is 0.824 bits per heavy atom. The summed E-state index contributed by atoms with van der Waals surface area (Å²) in [5.41, 5.74) is 0. The van der Waals surface area contributed by atoms with Crippen LogP contribution in [0.1, 0.15) is 32.1 Å². The zero-order valence-electron chi connectivity index (χ0n) is 10.1. The van der Waals surface area contributed by atoms with Gasteiger partial charge in [-0.1, -0.05) is 42.8 Å². The summed E-state index contributed by atoms with van der Waals surface area (Å²) in [6.07, 6.45) is 6.85. The highest BCUT2D eigenvalue weighted by Gasteiger charge is 2.15. The fraction of sp³-hybridized carbons (Fsp3) is 0.375. The van der Waals surface area contributed by atoms with Crippen LogP contribution in [-0.2, 0) is 0 Å². The highest BCUT2D eigenvalue weighted by molar-refractivity contribution is 5.88. The third-order valence-electron chi connectivity index (χ3n) is 3.60. The number of rotatable bonds is 2. The van der Waals surface area contributed by atoms with Gasteiger partial charge in [-0.05, 0) is 37.1 Å². The van der Waals surface area contributed by atoms with E-state index >= 15 is 0 Å². The molecule has 17 heavy (non-hydrogen) atoms. The van der Waals surface area contributed by atoms with Crippen molar-refractivity contribution in [3.8, 4) is 5.75 Å². The van der Waals surface area contributed by atoms with Crippen molar-refractivity contribution in [1.29, 1.82) is 0 Å². The molecule has 0 bridgehead atoms. The fourth-order valence-electron chi connectivity index (χ4n) is 2.66. The molecule has 0 atom stereocenters. The second kappa shape index (κ2) is 4.79. The van der Waals surface area contributed by atoms with Gasteiger partial charge in [-0.3, -0.25) is 0 Å². The first-order valence-corrected chi connectivity index (χ1v) is 6.58. The monoisotopic (exact) mass is 226 g/mol. The Labute approximate surface area is 102 Å². The lowest BCUT2D eigenvalue weighted by atomic mass is 9.97. The van der Waals surface area contributed by atoms with Gasteiger partial charge >= 0.3 is 0 Å². The summed E-state index contributed by atoms with van der Waals surface area (Å²) < 4.78 is 6.17. The maximum Gasteiger partial charge on any atom is 0.127 e. The number of fused-ring (bicyclic) bond motifs is 1. The minimum absolute atomic E-state index is 0.426. The Balaban J connectivity index is 1.89. The molecule has 0 aliphatic heterocycles.